The number of aromatic nitrogens is 2. The number of hydrogen-bond donors (Lipinski definition) is 1. The van der Waals surface area contributed by atoms with Crippen LogP contribution in [0.4, 0.5) is 0 Å². The third kappa shape index (κ3) is 2.61. The van der Waals surface area contributed by atoms with Crippen molar-refractivity contribution in [1.29, 1.82) is 0 Å². The molecule has 0 aliphatic carbocycles. The van der Waals surface area contributed by atoms with Crippen molar-refractivity contribution in [3.63, 3.8) is 0 Å². The van der Waals surface area contributed by atoms with Crippen LogP contribution in [0.3, 0.4) is 0 Å². The number of nitrogens with one attached hydrogen (secondary N) is 1. The highest BCUT2D eigenvalue weighted by Gasteiger charge is 2.17. The zero-order valence-corrected chi connectivity index (χ0v) is 11.3. The standard InChI is InChI=1S/C13H19N3O2/c1-5-6-14-9(3)12-15-16-13(18-12)11-7-8(2)17-10(11)4/h7,9,14H,5-6H2,1-4H3. The smallest absolute Gasteiger partial charge is 0.251 e. The maximum Gasteiger partial charge on any atom is 0.251 e. The molecule has 0 saturated heterocycles. The molecule has 98 valence electrons. The lowest BCUT2D eigenvalue weighted by molar-refractivity contribution is 0.422. The molecule has 0 fully saturated rings. The van der Waals surface area contributed by atoms with Crippen molar-refractivity contribution in [3.05, 3.63) is 23.5 Å². The first-order valence-corrected chi connectivity index (χ1v) is 6.26. The minimum absolute atomic E-state index is 0.0690. The highest BCUT2D eigenvalue weighted by Crippen LogP contribution is 2.26. The molecule has 2 rings (SSSR count). The fraction of sp³-hybridized carbons (Fsp3) is 0.538. The van der Waals surface area contributed by atoms with Gasteiger partial charge in [-0.2, -0.15) is 0 Å². The van der Waals surface area contributed by atoms with Crippen molar-refractivity contribution in [2.75, 3.05) is 6.54 Å². The summed E-state index contributed by atoms with van der Waals surface area (Å²) >= 11 is 0. The SMILES string of the molecule is CCCNC(C)c1nnc(-c2cc(C)oc2C)o1. The molecule has 1 N–H and O–H groups in total. The number of rotatable bonds is 5. The predicted molar refractivity (Wildman–Crippen MR) is 68.2 cm³/mol. The summed E-state index contributed by atoms with van der Waals surface area (Å²) in [5.41, 5.74) is 0.869. The molecule has 0 radical (unpaired) electrons. The van der Waals surface area contributed by atoms with Crippen molar-refractivity contribution in [1.82, 2.24) is 15.5 Å². The van der Waals surface area contributed by atoms with Gasteiger partial charge in [0.15, 0.2) is 0 Å². The molecule has 2 aromatic rings. The van der Waals surface area contributed by atoms with E-state index in [9.17, 15) is 0 Å². The van der Waals surface area contributed by atoms with E-state index in [1.165, 1.54) is 0 Å². The van der Waals surface area contributed by atoms with E-state index in [2.05, 4.69) is 22.4 Å². The van der Waals surface area contributed by atoms with Gasteiger partial charge < -0.3 is 14.2 Å². The third-order valence-electron chi connectivity index (χ3n) is 2.78. The van der Waals surface area contributed by atoms with Crippen LogP contribution in [-0.4, -0.2) is 16.7 Å². The number of aryl methyl sites for hydroxylation is 2. The van der Waals surface area contributed by atoms with Crippen LogP contribution in [0.15, 0.2) is 14.9 Å². The number of nitrogens with zero attached hydrogens (tertiary/aromatic N) is 2. The maximum atomic E-state index is 5.68. The molecule has 18 heavy (non-hydrogen) atoms. The Morgan fingerprint density at radius 2 is 2.06 bits per heavy atom. The molecule has 0 bridgehead atoms. The Labute approximate surface area is 107 Å². The van der Waals surface area contributed by atoms with Crippen LogP contribution in [0.25, 0.3) is 11.5 Å². The van der Waals surface area contributed by atoms with Crippen molar-refractivity contribution in [2.45, 2.75) is 40.2 Å². The van der Waals surface area contributed by atoms with Gasteiger partial charge in [0, 0.05) is 0 Å². The number of hydrogen-bond acceptors (Lipinski definition) is 5. The summed E-state index contributed by atoms with van der Waals surface area (Å²) in [7, 11) is 0. The Balaban J connectivity index is 2.17. The molecule has 2 heterocycles. The lowest BCUT2D eigenvalue weighted by atomic mass is 10.2. The molecule has 5 heteroatoms. The molecule has 1 unspecified atom stereocenters. The van der Waals surface area contributed by atoms with Gasteiger partial charge >= 0.3 is 0 Å². The highest BCUT2D eigenvalue weighted by molar-refractivity contribution is 5.55. The zero-order chi connectivity index (χ0) is 13.1. The van der Waals surface area contributed by atoms with Crippen LogP contribution in [0.2, 0.25) is 0 Å². The summed E-state index contributed by atoms with van der Waals surface area (Å²) in [5.74, 6) is 2.78. The number of furan rings is 1. The van der Waals surface area contributed by atoms with E-state index in [-0.39, 0.29) is 6.04 Å². The molecule has 0 aromatic carbocycles. The molecule has 0 amide bonds. The Morgan fingerprint density at radius 1 is 1.28 bits per heavy atom. The van der Waals surface area contributed by atoms with Crippen LogP contribution in [0.5, 0.6) is 0 Å². The van der Waals surface area contributed by atoms with Gasteiger partial charge in [-0.3, -0.25) is 0 Å². The fourth-order valence-electron chi connectivity index (χ4n) is 1.81. The van der Waals surface area contributed by atoms with Gasteiger partial charge in [0.25, 0.3) is 5.89 Å². The summed E-state index contributed by atoms with van der Waals surface area (Å²) in [6, 6.07) is 1.98. The van der Waals surface area contributed by atoms with E-state index in [1.54, 1.807) is 0 Å². The quantitative estimate of drug-likeness (QED) is 0.882. The van der Waals surface area contributed by atoms with Crippen LogP contribution in [-0.2, 0) is 0 Å². The van der Waals surface area contributed by atoms with E-state index in [0.717, 1.165) is 30.0 Å². The van der Waals surface area contributed by atoms with Gasteiger partial charge in [-0.05, 0) is 39.8 Å². The molecule has 0 spiro atoms. The van der Waals surface area contributed by atoms with Crippen LogP contribution >= 0.6 is 0 Å². The van der Waals surface area contributed by atoms with Crippen molar-refractivity contribution < 1.29 is 8.83 Å². The molecule has 0 aliphatic heterocycles. The summed E-state index contributed by atoms with van der Waals surface area (Å²) in [6.45, 7) is 8.86. The van der Waals surface area contributed by atoms with Gasteiger partial charge in [0.2, 0.25) is 5.89 Å². The van der Waals surface area contributed by atoms with Crippen molar-refractivity contribution in [3.8, 4) is 11.5 Å². The Hall–Kier alpha value is -1.62. The van der Waals surface area contributed by atoms with E-state index < -0.39 is 0 Å². The normalized spacial score (nSPS) is 12.9. The van der Waals surface area contributed by atoms with Crippen molar-refractivity contribution >= 4 is 0 Å². The molecule has 1 atom stereocenters. The minimum Gasteiger partial charge on any atom is -0.466 e. The predicted octanol–water partition coefficient (Wildman–Crippen LogP) is 3.01. The van der Waals surface area contributed by atoms with E-state index in [0.29, 0.717) is 11.8 Å². The van der Waals surface area contributed by atoms with Gasteiger partial charge in [0.1, 0.15) is 11.5 Å². The van der Waals surface area contributed by atoms with E-state index in [4.69, 9.17) is 8.83 Å². The minimum atomic E-state index is 0.0690. The van der Waals surface area contributed by atoms with E-state index >= 15 is 0 Å². The largest absolute Gasteiger partial charge is 0.466 e. The Bertz CT molecular complexity index is 516. The van der Waals surface area contributed by atoms with Crippen LogP contribution < -0.4 is 5.32 Å². The Morgan fingerprint density at radius 3 is 2.67 bits per heavy atom. The molecule has 5 nitrogen and oxygen atoms in total. The van der Waals surface area contributed by atoms with Gasteiger partial charge in [-0.15, -0.1) is 10.2 Å². The summed E-state index contributed by atoms with van der Waals surface area (Å²) in [5, 5.41) is 11.5. The average Bonchev–Trinajstić information content (AvgIpc) is 2.92. The van der Waals surface area contributed by atoms with Crippen LogP contribution in [0, 0.1) is 13.8 Å². The highest BCUT2D eigenvalue weighted by atomic mass is 16.4. The Kier molecular flexibility index (Phi) is 3.81. The zero-order valence-electron chi connectivity index (χ0n) is 11.3. The molecular weight excluding hydrogens is 230 g/mol. The maximum absolute atomic E-state index is 5.68. The van der Waals surface area contributed by atoms with Crippen LogP contribution in [0.1, 0.15) is 43.7 Å². The first-order valence-electron chi connectivity index (χ1n) is 6.26. The van der Waals surface area contributed by atoms with Crippen molar-refractivity contribution in [2.24, 2.45) is 0 Å². The van der Waals surface area contributed by atoms with E-state index in [1.807, 2.05) is 26.8 Å². The monoisotopic (exact) mass is 249 g/mol. The second-order valence-corrected chi connectivity index (χ2v) is 4.45. The second-order valence-electron chi connectivity index (χ2n) is 4.45. The summed E-state index contributed by atoms with van der Waals surface area (Å²) in [6.07, 6.45) is 1.07. The lowest BCUT2D eigenvalue weighted by Gasteiger charge is -2.07. The van der Waals surface area contributed by atoms with Gasteiger partial charge in [0.05, 0.1) is 11.6 Å². The molecule has 0 aliphatic rings. The molecule has 0 saturated carbocycles. The molecule has 2 aromatic heterocycles. The summed E-state index contributed by atoms with van der Waals surface area (Å²) in [4.78, 5) is 0. The first kappa shape index (κ1) is 12.8. The average molecular weight is 249 g/mol. The summed E-state index contributed by atoms with van der Waals surface area (Å²) < 4.78 is 11.1. The first-order chi connectivity index (χ1) is 8.61. The fourth-order valence-corrected chi connectivity index (χ4v) is 1.81. The molecular formula is C13H19N3O2. The lowest BCUT2D eigenvalue weighted by Crippen LogP contribution is -2.19. The van der Waals surface area contributed by atoms with Gasteiger partial charge in [-0.25, -0.2) is 0 Å². The topological polar surface area (TPSA) is 64.1 Å². The second kappa shape index (κ2) is 5.35. The third-order valence-corrected chi connectivity index (χ3v) is 2.78. The van der Waals surface area contributed by atoms with Gasteiger partial charge in [-0.1, -0.05) is 6.92 Å².